The highest BCUT2D eigenvalue weighted by molar-refractivity contribution is 5.21. The maximum atomic E-state index is 12.7. The lowest BCUT2D eigenvalue weighted by atomic mass is 10.0. The summed E-state index contributed by atoms with van der Waals surface area (Å²) in [6.07, 6.45) is 3.19. The summed E-state index contributed by atoms with van der Waals surface area (Å²) in [6.45, 7) is 0. The number of nitrogens with zero attached hydrogens (tertiary/aromatic N) is 1. The van der Waals surface area contributed by atoms with E-state index in [1.807, 2.05) is 0 Å². The average molecular weight is 217 g/mol. The highest BCUT2D eigenvalue weighted by Gasteiger charge is 2.07. The number of pyridine rings is 1. The quantitative estimate of drug-likeness (QED) is 0.856. The van der Waals surface area contributed by atoms with E-state index in [1.54, 1.807) is 36.7 Å². The Labute approximate surface area is 93.4 Å². The Morgan fingerprint density at radius 2 is 1.69 bits per heavy atom. The van der Waals surface area contributed by atoms with Crippen LogP contribution >= 0.6 is 0 Å². The lowest BCUT2D eigenvalue weighted by Gasteiger charge is -2.10. The van der Waals surface area contributed by atoms with Crippen LogP contribution in [0, 0.1) is 5.82 Å². The second kappa shape index (κ2) is 4.86. The number of hydrogen-bond acceptors (Lipinski definition) is 2. The van der Waals surface area contributed by atoms with Crippen LogP contribution in [0.25, 0.3) is 0 Å². The van der Waals surface area contributed by atoms with Crippen LogP contribution in [0.3, 0.4) is 0 Å². The van der Waals surface area contributed by atoms with Gasteiger partial charge in [0.05, 0.1) is 6.10 Å². The molecular formula is C13H12FNO. The first kappa shape index (κ1) is 10.8. The van der Waals surface area contributed by atoms with Crippen molar-refractivity contribution in [2.24, 2.45) is 0 Å². The highest BCUT2D eigenvalue weighted by Crippen LogP contribution is 2.17. The van der Waals surface area contributed by atoms with Crippen molar-refractivity contribution in [2.45, 2.75) is 12.5 Å². The van der Waals surface area contributed by atoms with Crippen LogP contribution in [-0.4, -0.2) is 10.1 Å². The summed E-state index contributed by atoms with van der Waals surface area (Å²) >= 11 is 0. The summed E-state index contributed by atoms with van der Waals surface area (Å²) in [6, 6.07) is 9.70. The SMILES string of the molecule is OC(Cc1ccc(F)cc1)c1ccncc1. The number of halogens is 1. The fourth-order valence-electron chi connectivity index (χ4n) is 1.55. The highest BCUT2D eigenvalue weighted by atomic mass is 19.1. The summed E-state index contributed by atoms with van der Waals surface area (Å²) < 4.78 is 12.7. The number of aliphatic hydroxyl groups is 1. The first-order chi connectivity index (χ1) is 7.75. The smallest absolute Gasteiger partial charge is 0.123 e. The first-order valence-electron chi connectivity index (χ1n) is 5.08. The lowest BCUT2D eigenvalue weighted by molar-refractivity contribution is 0.178. The zero-order valence-electron chi connectivity index (χ0n) is 8.68. The Bertz CT molecular complexity index is 441. The standard InChI is InChI=1S/C13H12FNO/c14-12-3-1-10(2-4-12)9-13(16)11-5-7-15-8-6-11/h1-8,13,16H,9H2. The van der Waals surface area contributed by atoms with E-state index in [0.29, 0.717) is 6.42 Å². The van der Waals surface area contributed by atoms with Gasteiger partial charge in [0, 0.05) is 18.8 Å². The summed E-state index contributed by atoms with van der Waals surface area (Å²) in [5, 5.41) is 9.92. The van der Waals surface area contributed by atoms with E-state index in [9.17, 15) is 9.50 Å². The molecule has 0 fully saturated rings. The van der Waals surface area contributed by atoms with E-state index in [-0.39, 0.29) is 5.82 Å². The molecule has 0 saturated carbocycles. The maximum absolute atomic E-state index is 12.7. The van der Waals surface area contributed by atoms with E-state index in [4.69, 9.17) is 0 Å². The molecule has 1 atom stereocenters. The van der Waals surface area contributed by atoms with Gasteiger partial charge in [-0.05, 0) is 35.4 Å². The van der Waals surface area contributed by atoms with Crippen LogP contribution in [-0.2, 0) is 6.42 Å². The predicted molar refractivity (Wildman–Crippen MR) is 59.3 cm³/mol. The van der Waals surface area contributed by atoms with Gasteiger partial charge in [0.15, 0.2) is 0 Å². The number of rotatable bonds is 3. The Hall–Kier alpha value is -1.74. The van der Waals surface area contributed by atoms with Gasteiger partial charge in [-0.15, -0.1) is 0 Å². The van der Waals surface area contributed by atoms with E-state index in [0.717, 1.165) is 11.1 Å². The number of aliphatic hydroxyl groups excluding tert-OH is 1. The number of aromatic nitrogens is 1. The molecular weight excluding hydrogens is 205 g/mol. The molecule has 3 heteroatoms. The second-order valence-electron chi connectivity index (χ2n) is 3.63. The van der Waals surface area contributed by atoms with Crippen LogP contribution in [0.15, 0.2) is 48.8 Å². The van der Waals surface area contributed by atoms with E-state index in [2.05, 4.69) is 4.98 Å². The minimum Gasteiger partial charge on any atom is -0.388 e. The number of benzene rings is 1. The van der Waals surface area contributed by atoms with E-state index >= 15 is 0 Å². The van der Waals surface area contributed by atoms with Crippen LogP contribution < -0.4 is 0 Å². The fraction of sp³-hybridized carbons (Fsp3) is 0.154. The van der Waals surface area contributed by atoms with Crippen molar-refractivity contribution in [3.05, 3.63) is 65.7 Å². The molecule has 0 amide bonds. The van der Waals surface area contributed by atoms with Crippen molar-refractivity contribution in [1.82, 2.24) is 4.98 Å². The van der Waals surface area contributed by atoms with Crippen molar-refractivity contribution < 1.29 is 9.50 Å². The molecule has 2 aromatic rings. The van der Waals surface area contributed by atoms with Gasteiger partial charge in [-0.2, -0.15) is 0 Å². The Morgan fingerprint density at radius 3 is 2.31 bits per heavy atom. The van der Waals surface area contributed by atoms with Gasteiger partial charge < -0.3 is 5.11 Å². The molecule has 0 aliphatic rings. The molecule has 0 aliphatic carbocycles. The molecule has 0 bridgehead atoms. The number of hydrogen-bond donors (Lipinski definition) is 1. The summed E-state index contributed by atoms with van der Waals surface area (Å²) in [5.74, 6) is -0.262. The van der Waals surface area contributed by atoms with Crippen LogP contribution in [0.1, 0.15) is 17.2 Å². The monoisotopic (exact) mass is 217 g/mol. The third-order valence-electron chi connectivity index (χ3n) is 2.43. The van der Waals surface area contributed by atoms with Gasteiger partial charge in [-0.25, -0.2) is 4.39 Å². The van der Waals surface area contributed by atoms with Crippen LogP contribution in [0.2, 0.25) is 0 Å². The van der Waals surface area contributed by atoms with Gasteiger partial charge >= 0.3 is 0 Å². The zero-order chi connectivity index (χ0) is 11.4. The Balaban J connectivity index is 2.08. The van der Waals surface area contributed by atoms with Gasteiger partial charge in [0.25, 0.3) is 0 Å². The molecule has 0 radical (unpaired) electrons. The van der Waals surface area contributed by atoms with Gasteiger partial charge in [0.1, 0.15) is 5.82 Å². The van der Waals surface area contributed by atoms with Crippen molar-refractivity contribution in [3.63, 3.8) is 0 Å². The largest absolute Gasteiger partial charge is 0.388 e. The zero-order valence-corrected chi connectivity index (χ0v) is 8.68. The summed E-state index contributed by atoms with van der Waals surface area (Å²) in [4.78, 5) is 3.89. The minimum atomic E-state index is -0.575. The van der Waals surface area contributed by atoms with Crippen molar-refractivity contribution >= 4 is 0 Å². The lowest BCUT2D eigenvalue weighted by Crippen LogP contribution is -2.01. The first-order valence-corrected chi connectivity index (χ1v) is 5.08. The molecule has 0 aliphatic heterocycles. The van der Waals surface area contributed by atoms with Crippen molar-refractivity contribution in [3.8, 4) is 0 Å². The third kappa shape index (κ3) is 2.64. The fourth-order valence-corrected chi connectivity index (χ4v) is 1.55. The predicted octanol–water partition coefficient (Wildman–Crippen LogP) is 2.50. The van der Waals surface area contributed by atoms with Gasteiger partial charge in [-0.1, -0.05) is 12.1 Å². The van der Waals surface area contributed by atoms with Crippen molar-refractivity contribution in [1.29, 1.82) is 0 Å². The summed E-state index contributed by atoms with van der Waals surface area (Å²) in [5.41, 5.74) is 1.73. The topological polar surface area (TPSA) is 33.1 Å². The molecule has 0 saturated heterocycles. The molecule has 1 aromatic heterocycles. The molecule has 1 heterocycles. The minimum absolute atomic E-state index is 0.262. The van der Waals surface area contributed by atoms with Crippen LogP contribution in [0.4, 0.5) is 4.39 Å². The average Bonchev–Trinajstić information content (AvgIpc) is 2.33. The Kier molecular flexibility index (Phi) is 3.27. The van der Waals surface area contributed by atoms with Crippen molar-refractivity contribution in [2.75, 3.05) is 0 Å². The summed E-state index contributed by atoms with van der Waals surface area (Å²) in [7, 11) is 0. The van der Waals surface area contributed by atoms with E-state index in [1.165, 1.54) is 12.1 Å². The molecule has 0 spiro atoms. The Morgan fingerprint density at radius 1 is 1.06 bits per heavy atom. The molecule has 82 valence electrons. The normalized spacial score (nSPS) is 12.4. The molecule has 16 heavy (non-hydrogen) atoms. The second-order valence-corrected chi connectivity index (χ2v) is 3.63. The molecule has 2 nitrogen and oxygen atoms in total. The molecule has 2 rings (SSSR count). The maximum Gasteiger partial charge on any atom is 0.123 e. The van der Waals surface area contributed by atoms with Gasteiger partial charge in [-0.3, -0.25) is 4.98 Å². The third-order valence-corrected chi connectivity index (χ3v) is 2.43. The molecule has 1 unspecified atom stereocenters. The molecule has 1 N–H and O–H groups in total. The van der Waals surface area contributed by atoms with Gasteiger partial charge in [0.2, 0.25) is 0 Å². The van der Waals surface area contributed by atoms with Crippen LogP contribution in [0.5, 0.6) is 0 Å². The molecule has 1 aromatic carbocycles. The van der Waals surface area contributed by atoms with E-state index < -0.39 is 6.10 Å².